The predicted molar refractivity (Wildman–Crippen MR) is 70.1 cm³/mol. The van der Waals surface area contributed by atoms with Gasteiger partial charge in [-0.15, -0.1) is 0 Å². The van der Waals surface area contributed by atoms with Gasteiger partial charge in [-0.2, -0.15) is 0 Å². The van der Waals surface area contributed by atoms with Gasteiger partial charge >= 0.3 is 0 Å². The number of nitrogens with one attached hydrogen (secondary N) is 2. The van der Waals surface area contributed by atoms with E-state index in [1.807, 2.05) is 48.5 Å². The maximum atomic E-state index is 11.5. The van der Waals surface area contributed by atoms with Crippen molar-refractivity contribution in [3.63, 3.8) is 0 Å². The van der Waals surface area contributed by atoms with Crippen molar-refractivity contribution in [2.45, 2.75) is 0 Å². The fourth-order valence-corrected chi connectivity index (χ4v) is 1.37. The summed E-state index contributed by atoms with van der Waals surface area (Å²) in [6.45, 7) is -0.0240. The van der Waals surface area contributed by atoms with Crippen LogP contribution in [0.15, 0.2) is 60.7 Å². The second kappa shape index (κ2) is 6.30. The second-order valence-electron chi connectivity index (χ2n) is 3.64. The molecular weight excluding hydrogens is 228 g/mol. The fourth-order valence-electron chi connectivity index (χ4n) is 1.37. The molecule has 0 unspecified atom stereocenters. The molecule has 2 aromatic carbocycles. The number of anilines is 1. The van der Waals surface area contributed by atoms with E-state index in [0.29, 0.717) is 5.75 Å². The zero-order valence-electron chi connectivity index (χ0n) is 9.80. The summed E-state index contributed by atoms with van der Waals surface area (Å²) in [4.78, 5) is 11.5. The number of hydrogen-bond donors (Lipinski definition) is 2. The largest absolute Gasteiger partial charge is 0.484 e. The van der Waals surface area contributed by atoms with Crippen LogP contribution < -0.4 is 15.6 Å². The van der Waals surface area contributed by atoms with E-state index in [9.17, 15) is 4.79 Å². The molecule has 0 spiro atoms. The topological polar surface area (TPSA) is 50.4 Å². The first-order valence-corrected chi connectivity index (χ1v) is 5.62. The van der Waals surface area contributed by atoms with Gasteiger partial charge in [-0.25, -0.2) is 0 Å². The Morgan fingerprint density at radius 1 is 0.944 bits per heavy atom. The minimum Gasteiger partial charge on any atom is -0.484 e. The zero-order valence-corrected chi connectivity index (χ0v) is 9.80. The third-order valence-electron chi connectivity index (χ3n) is 2.23. The van der Waals surface area contributed by atoms with Crippen LogP contribution in [0.25, 0.3) is 0 Å². The average Bonchev–Trinajstić information content (AvgIpc) is 2.45. The van der Waals surface area contributed by atoms with E-state index in [2.05, 4.69) is 10.9 Å². The highest BCUT2D eigenvalue weighted by molar-refractivity contribution is 5.78. The lowest BCUT2D eigenvalue weighted by Gasteiger charge is -2.09. The maximum Gasteiger partial charge on any atom is 0.276 e. The first kappa shape index (κ1) is 12.0. The normalized spacial score (nSPS) is 9.56. The van der Waals surface area contributed by atoms with Crippen molar-refractivity contribution < 1.29 is 9.53 Å². The van der Waals surface area contributed by atoms with Gasteiger partial charge in [-0.05, 0) is 24.3 Å². The SMILES string of the molecule is O=C(COc1ccccc1)NNc1ccccc1. The molecule has 0 radical (unpaired) electrons. The summed E-state index contributed by atoms with van der Waals surface area (Å²) in [5.74, 6) is 0.440. The quantitative estimate of drug-likeness (QED) is 0.790. The van der Waals surface area contributed by atoms with Crippen LogP contribution in [0.1, 0.15) is 0 Å². The van der Waals surface area contributed by atoms with E-state index in [0.717, 1.165) is 5.69 Å². The molecule has 1 amide bonds. The van der Waals surface area contributed by atoms with Crippen LogP contribution in [0.5, 0.6) is 5.75 Å². The summed E-state index contributed by atoms with van der Waals surface area (Å²) in [6.07, 6.45) is 0. The molecule has 4 heteroatoms. The monoisotopic (exact) mass is 242 g/mol. The molecule has 2 rings (SSSR count). The van der Waals surface area contributed by atoms with Crippen molar-refractivity contribution >= 4 is 11.6 Å². The average molecular weight is 242 g/mol. The Balaban J connectivity index is 1.73. The van der Waals surface area contributed by atoms with Gasteiger partial charge in [0.1, 0.15) is 5.75 Å². The lowest BCUT2D eigenvalue weighted by Crippen LogP contribution is -2.33. The molecule has 2 aromatic rings. The highest BCUT2D eigenvalue weighted by Gasteiger charge is 2.01. The van der Waals surface area contributed by atoms with E-state index in [4.69, 9.17) is 4.74 Å². The summed E-state index contributed by atoms with van der Waals surface area (Å²) in [7, 11) is 0. The number of hydrogen-bond acceptors (Lipinski definition) is 3. The van der Waals surface area contributed by atoms with E-state index in [1.54, 1.807) is 12.1 Å². The van der Waals surface area contributed by atoms with Gasteiger partial charge in [0.05, 0.1) is 5.69 Å². The van der Waals surface area contributed by atoms with Crippen molar-refractivity contribution in [1.29, 1.82) is 0 Å². The van der Waals surface area contributed by atoms with Crippen LogP contribution in [-0.2, 0) is 4.79 Å². The number of para-hydroxylation sites is 2. The van der Waals surface area contributed by atoms with Crippen LogP contribution in [0.3, 0.4) is 0 Å². The van der Waals surface area contributed by atoms with Gasteiger partial charge in [0, 0.05) is 0 Å². The minimum atomic E-state index is -0.234. The third-order valence-corrected chi connectivity index (χ3v) is 2.23. The smallest absolute Gasteiger partial charge is 0.276 e. The van der Waals surface area contributed by atoms with Gasteiger partial charge in [0.15, 0.2) is 6.61 Å². The number of ether oxygens (including phenoxy) is 1. The first-order valence-electron chi connectivity index (χ1n) is 5.62. The van der Waals surface area contributed by atoms with Gasteiger partial charge in [-0.1, -0.05) is 36.4 Å². The summed E-state index contributed by atoms with van der Waals surface area (Å²) in [5.41, 5.74) is 6.18. The van der Waals surface area contributed by atoms with Crippen LogP contribution >= 0.6 is 0 Å². The molecule has 0 atom stereocenters. The highest BCUT2D eigenvalue weighted by Crippen LogP contribution is 2.07. The van der Waals surface area contributed by atoms with E-state index < -0.39 is 0 Å². The van der Waals surface area contributed by atoms with Crippen LogP contribution in [-0.4, -0.2) is 12.5 Å². The van der Waals surface area contributed by atoms with Crippen LogP contribution in [0.4, 0.5) is 5.69 Å². The maximum absolute atomic E-state index is 11.5. The van der Waals surface area contributed by atoms with Gasteiger partial charge < -0.3 is 4.74 Å². The standard InChI is InChI=1S/C14H14N2O2/c17-14(11-18-13-9-5-2-6-10-13)16-15-12-7-3-1-4-8-12/h1-10,15H,11H2,(H,16,17). The van der Waals surface area contributed by atoms with E-state index in [1.165, 1.54) is 0 Å². The van der Waals surface area contributed by atoms with Crippen molar-refractivity contribution in [2.24, 2.45) is 0 Å². The number of hydrazine groups is 1. The molecule has 0 bridgehead atoms. The van der Waals surface area contributed by atoms with Crippen molar-refractivity contribution in [3.05, 3.63) is 60.7 Å². The van der Waals surface area contributed by atoms with Crippen LogP contribution in [0, 0.1) is 0 Å². The summed E-state index contributed by atoms with van der Waals surface area (Å²) < 4.78 is 5.30. The molecule has 4 nitrogen and oxygen atoms in total. The molecule has 0 heterocycles. The molecule has 0 saturated carbocycles. The summed E-state index contributed by atoms with van der Waals surface area (Å²) >= 11 is 0. The number of carbonyl (C=O) groups excluding carboxylic acids is 1. The molecule has 0 aliphatic heterocycles. The van der Waals surface area contributed by atoms with E-state index in [-0.39, 0.29) is 12.5 Å². The minimum absolute atomic E-state index is 0.0240. The Labute approximate surface area is 106 Å². The Kier molecular flexibility index (Phi) is 4.19. The Morgan fingerprint density at radius 3 is 2.22 bits per heavy atom. The van der Waals surface area contributed by atoms with Crippen molar-refractivity contribution in [2.75, 3.05) is 12.0 Å². The zero-order chi connectivity index (χ0) is 12.6. The van der Waals surface area contributed by atoms with E-state index >= 15 is 0 Å². The Hall–Kier alpha value is -2.49. The van der Waals surface area contributed by atoms with Gasteiger partial charge in [0.2, 0.25) is 0 Å². The van der Waals surface area contributed by atoms with Crippen molar-refractivity contribution in [1.82, 2.24) is 5.43 Å². The van der Waals surface area contributed by atoms with Crippen LogP contribution in [0.2, 0.25) is 0 Å². The van der Waals surface area contributed by atoms with Gasteiger partial charge in [-0.3, -0.25) is 15.6 Å². The molecule has 0 saturated heterocycles. The summed E-state index contributed by atoms with van der Waals surface area (Å²) in [6, 6.07) is 18.6. The molecule has 0 aliphatic rings. The van der Waals surface area contributed by atoms with Crippen molar-refractivity contribution in [3.8, 4) is 5.75 Å². The lowest BCUT2D eigenvalue weighted by molar-refractivity contribution is -0.122. The molecule has 0 aliphatic carbocycles. The molecule has 18 heavy (non-hydrogen) atoms. The second-order valence-corrected chi connectivity index (χ2v) is 3.64. The number of carbonyl (C=O) groups is 1. The third kappa shape index (κ3) is 3.83. The predicted octanol–water partition coefficient (Wildman–Crippen LogP) is 2.21. The highest BCUT2D eigenvalue weighted by atomic mass is 16.5. The first-order chi connectivity index (χ1) is 8.84. The number of amides is 1. The molecular formula is C14H14N2O2. The molecule has 0 aromatic heterocycles. The fraction of sp³-hybridized carbons (Fsp3) is 0.0714. The Morgan fingerprint density at radius 2 is 1.56 bits per heavy atom. The molecule has 92 valence electrons. The molecule has 0 fully saturated rings. The lowest BCUT2D eigenvalue weighted by atomic mass is 10.3. The Bertz CT molecular complexity index is 440. The molecule has 2 N–H and O–H groups in total. The van der Waals surface area contributed by atoms with Gasteiger partial charge in [0.25, 0.3) is 5.91 Å². The number of rotatable bonds is 5. The summed E-state index contributed by atoms with van der Waals surface area (Å²) in [5, 5.41) is 0. The number of benzene rings is 2.